The second-order valence-electron chi connectivity index (χ2n) is 2.89. The van der Waals surface area contributed by atoms with E-state index < -0.39 is 0 Å². The van der Waals surface area contributed by atoms with Crippen molar-refractivity contribution in [2.75, 3.05) is 6.61 Å². The maximum absolute atomic E-state index is 10.3. The van der Waals surface area contributed by atoms with E-state index in [4.69, 9.17) is 4.74 Å². The predicted octanol–water partition coefficient (Wildman–Crippen LogP) is 1.46. The molecule has 1 unspecified atom stereocenters. The Hall–Kier alpha value is -1.84. The average molecular weight is 208 g/mol. The Bertz CT molecular complexity index is 297. The van der Waals surface area contributed by atoms with Crippen molar-refractivity contribution in [3.8, 4) is 0 Å². The molecule has 0 aromatic heterocycles. The smallest absolute Gasteiger partial charge is 0.293 e. The molecule has 0 bridgehead atoms. The van der Waals surface area contributed by atoms with Gasteiger partial charge in [0.05, 0.1) is 6.61 Å². The highest BCUT2D eigenvalue weighted by Crippen LogP contribution is 2.19. The molecule has 0 amide bonds. The van der Waals surface area contributed by atoms with Crippen LogP contribution < -0.4 is 0 Å². The summed E-state index contributed by atoms with van der Waals surface area (Å²) in [7, 11) is 0. The minimum Gasteiger partial charge on any atom is -0.468 e. The first-order valence-corrected chi connectivity index (χ1v) is 4.57. The van der Waals surface area contributed by atoms with Gasteiger partial charge in [0.25, 0.3) is 12.9 Å². The fourth-order valence-corrected chi connectivity index (χ4v) is 1.27. The lowest BCUT2D eigenvalue weighted by atomic mass is 10.1. The normalized spacial score (nSPS) is 11.5. The van der Waals surface area contributed by atoms with E-state index >= 15 is 0 Å². The fraction of sp³-hybridized carbons (Fsp3) is 0.273. The number of ether oxygens (including phenoxy) is 2. The number of hydrogen-bond acceptors (Lipinski definition) is 4. The van der Waals surface area contributed by atoms with E-state index in [1.165, 1.54) is 0 Å². The lowest BCUT2D eigenvalue weighted by Crippen LogP contribution is -2.07. The maximum Gasteiger partial charge on any atom is 0.293 e. The standard InChI is InChI=1S/C11H12O4/c12-8-14-7-6-11(15-9-13)10-4-2-1-3-5-10/h1-5,8-9,11H,6-7H2. The van der Waals surface area contributed by atoms with E-state index in [2.05, 4.69) is 4.74 Å². The van der Waals surface area contributed by atoms with Crippen LogP contribution in [0, 0.1) is 0 Å². The highest BCUT2D eigenvalue weighted by atomic mass is 16.5. The molecule has 1 aromatic carbocycles. The van der Waals surface area contributed by atoms with Crippen molar-refractivity contribution in [1.29, 1.82) is 0 Å². The molecule has 15 heavy (non-hydrogen) atoms. The number of rotatable bonds is 7. The van der Waals surface area contributed by atoms with Gasteiger partial charge in [-0.1, -0.05) is 30.3 Å². The van der Waals surface area contributed by atoms with Gasteiger partial charge in [0, 0.05) is 6.42 Å². The van der Waals surface area contributed by atoms with Crippen LogP contribution in [0.1, 0.15) is 18.1 Å². The van der Waals surface area contributed by atoms with Crippen LogP contribution in [-0.4, -0.2) is 19.6 Å². The molecule has 0 heterocycles. The summed E-state index contributed by atoms with van der Waals surface area (Å²) in [5, 5.41) is 0. The summed E-state index contributed by atoms with van der Waals surface area (Å²) in [6.45, 7) is 1.01. The molecule has 0 aliphatic heterocycles. The Morgan fingerprint density at radius 3 is 2.47 bits per heavy atom. The van der Waals surface area contributed by atoms with Gasteiger partial charge in [-0.3, -0.25) is 9.59 Å². The SMILES string of the molecule is O=COCCC(OC=O)c1ccccc1. The third kappa shape index (κ3) is 3.81. The largest absolute Gasteiger partial charge is 0.468 e. The first-order chi connectivity index (χ1) is 7.38. The topological polar surface area (TPSA) is 52.6 Å². The zero-order chi connectivity index (χ0) is 10.9. The fourth-order valence-electron chi connectivity index (χ4n) is 1.27. The van der Waals surface area contributed by atoms with E-state index in [1.807, 2.05) is 30.3 Å². The number of carbonyl (C=O) groups excluding carboxylic acids is 2. The van der Waals surface area contributed by atoms with Crippen molar-refractivity contribution < 1.29 is 19.1 Å². The number of carbonyl (C=O) groups is 2. The molecule has 1 aromatic rings. The van der Waals surface area contributed by atoms with Crippen LogP contribution in [-0.2, 0) is 19.1 Å². The Morgan fingerprint density at radius 1 is 1.13 bits per heavy atom. The van der Waals surface area contributed by atoms with Gasteiger partial charge in [-0.15, -0.1) is 0 Å². The summed E-state index contributed by atoms with van der Waals surface area (Å²) >= 11 is 0. The van der Waals surface area contributed by atoms with Crippen molar-refractivity contribution in [2.24, 2.45) is 0 Å². The summed E-state index contributed by atoms with van der Waals surface area (Å²) in [6, 6.07) is 9.31. The molecule has 1 atom stereocenters. The minimum atomic E-state index is -0.358. The molecule has 0 aliphatic rings. The molecule has 4 nitrogen and oxygen atoms in total. The first kappa shape index (κ1) is 11.2. The monoisotopic (exact) mass is 208 g/mol. The highest BCUT2D eigenvalue weighted by Gasteiger charge is 2.11. The average Bonchev–Trinajstić information content (AvgIpc) is 2.29. The number of benzene rings is 1. The second kappa shape index (κ2) is 6.59. The zero-order valence-corrected chi connectivity index (χ0v) is 8.17. The lowest BCUT2D eigenvalue weighted by Gasteiger charge is -2.14. The molecule has 0 N–H and O–H groups in total. The lowest BCUT2D eigenvalue weighted by molar-refractivity contribution is -0.136. The van der Waals surface area contributed by atoms with E-state index in [1.54, 1.807) is 0 Å². The van der Waals surface area contributed by atoms with Gasteiger partial charge in [0.15, 0.2) is 0 Å². The van der Waals surface area contributed by atoms with Gasteiger partial charge in [-0.25, -0.2) is 0 Å². The molecule has 0 saturated heterocycles. The number of hydrogen-bond donors (Lipinski definition) is 0. The Labute approximate surface area is 87.8 Å². The molecule has 0 fully saturated rings. The maximum atomic E-state index is 10.3. The second-order valence-corrected chi connectivity index (χ2v) is 2.89. The molecule has 80 valence electrons. The van der Waals surface area contributed by atoms with Gasteiger partial charge in [-0.2, -0.15) is 0 Å². The van der Waals surface area contributed by atoms with E-state index in [9.17, 15) is 9.59 Å². The molecule has 0 aliphatic carbocycles. The van der Waals surface area contributed by atoms with E-state index in [-0.39, 0.29) is 12.7 Å². The van der Waals surface area contributed by atoms with Crippen molar-refractivity contribution in [2.45, 2.75) is 12.5 Å². The Kier molecular flexibility index (Phi) is 4.94. The van der Waals surface area contributed by atoms with Crippen molar-refractivity contribution in [3.05, 3.63) is 35.9 Å². The van der Waals surface area contributed by atoms with Crippen LogP contribution in [0.5, 0.6) is 0 Å². The highest BCUT2D eigenvalue weighted by molar-refractivity contribution is 5.39. The molecular weight excluding hydrogens is 196 g/mol. The van der Waals surface area contributed by atoms with Crippen LogP contribution in [0.25, 0.3) is 0 Å². The molecule has 4 heteroatoms. The van der Waals surface area contributed by atoms with Gasteiger partial charge < -0.3 is 9.47 Å². The molecule has 0 radical (unpaired) electrons. The molecule has 1 rings (SSSR count). The third-order valence-corrected chi connectivity index (χ3v) is 1.96. The predicted molar refractivity (Wildman–Crippen MR) is 53.0 cm³/mol. The van der Waals surface area contributed by atoms with E-state index in [0.717, 1.165) is 5.56 Å². The van der Waals surface area contributed by atoms with Crippen LogP contribution in [0.3, 0.4) is 0 Å². The summed E-state index contributed by atoms with van der Waals surface area (Å²) < 4.78 is 9.45. The van der Waals surface area contributed by atoms with Crippen LogP contribution >= 0.6 is 0 Å². The Morgan fingerprint density at radius 2 is 1.87 bits per heavy atom. The van der Waals surface area contributed by atoms with Gasteiger partial charge >= 0.3 is 0 Å². The van der Waals surface area contributed by atoms with Crippen LogP contribution in [0.4, 0.5) is 0 Å². The molecular formula is C11H12O4. The van der Waals surface area contributed by atoms with Gasteiger partial charge in [0.2, 0.25) is 0 Å². The van der Waals surface area contributed by atoms with Crippen LogP contribution in [0.15, 0.2) is 30.3 Å². The molecule has 0 spiro atoms. The van der Waals surface area contributed by atoms with Gasteiger partial charge in [-0.05, 0) is 5.56 Å². The first-order valence-electron chi connectivity index (χ1n) is 4.57. The van der Waals surface area contributed by atoms with Gasteiger partial charge in [0.1, 0.15) is 6.10 Å². The van der Waals surface area contributed by atoms with Crippen molar-refractivity contribution >= 4 is 12.9 Å². The van der Waals surface area contributed by atoms with E-state index in [0.29, 0.717) is 19.4 Å². The van der Waals surface area contributed by atoms with Crippen LogP contribution in [0.2, 0.25) is 0 Å². The summed E-state index contributed by atoms with van der Waals surface area (Å²) in [4.78, 5) is 20.2. The zero-order valence-electron chi connectivity index (χ0n) is 8.17. The summed E-state index contributed by atoms with van der Waals surface area (Å²) in [5.41, 5.74) is 0.888. The Balaban J connectivity index is 2.57. The summed E-state index contributed by atoms with van der Waals surface area (Å²) in [6.07, 6.45) is 0.102. The molecule has 0 saturated carbocycles. The third-order valence-electron chi connectivity index (χ3n) is 1.96. The van der Waals surface area contributed by atoms with Crippen molar-refractivity contribution in [1.82, 2.24) is 0 Å². The minimum absolute atomic E-state index is 0.233. The quantitative estimate of drug-likeness (QED) is 0.503. The van der Waals surface area contributed by atoms with Crippen molar-refractivity contribution in [3.63, 3.8) is 0 Å². The summed E-state index contributed by atoms with van der Waals surface area (Å²) in [5.74, 6) is 0.